The molecule has 0 aliphatic carbocycles. The number of H-pyrrole nitrogens is 1. The molecule has 0 saturated carbocycles. The summed E-state index contributed by atoms with van der Waals surface area (Å²) in [5, 5.41) is 9.95. The lowest BCUT2D eigenvalue weighted by Gasteiger charge is -2.19. The number of aromatic nitrogens is 2. The van der Waals surface area contributed by atoms with Gasteiger partial charge in [-0.2, -0.15) is 0 Å². The van der Waals surface area contributed by atoms with Crippen molar-refractivity contribution in [3.8, 4) is 0 Å². The predicted octanol–water partition coefficient (Wildman–Crippen LogP) is -0.945. The third-order valence-corrected chi connectivity index (χ3v) is 3.21. The van der Waals surface area contributed by atoms with Gasteiger partial charge >= 0.3 is 5.69 Å². The number of aromatic amines is 1. The standard InChI is InChI=1S/C12H19N3O4/c1-7-5-15(12(18)13-11(7)17)10-4-8(16)9(19-10)6-14(2)3/h5,8-10,16H,4,6H2,1-3H3,(H,13,17,18)/t8-,9+,10+/m0/s1. The molecule has 19 heavy (non-hydrogen) atoms. The topological polar surface area (TPSA) is 87.6 Å². The molecule has 0 spiro atoms. The first-order chi connectivity index (χ1) is 8.88. The van der Waals surface area contributed by atoms with E-state index in [1.807, 2.05) is 19.0 Å². The van der Waals surface area contributed by atoms with Crippen LogP contribution in [0.5, 0.6) is 0 Å². The molecule has 2 N–H and O–H groups in total. The summed E-state index contributed by atoms with van der Waals surface area (Å²) in [6, 6.07) is 0. The zero-order valence-corrected chi connectivity index (χ0v) is 11.3. The number of ether oxygens (including phenoxy) is 1. The second kappa shape index (κ2) is 5.28. The van der Waals surface area contributed by atoms with Gasteiger partial charge in [0.2, 0.25) is 0 Å². The lowest BCUT2D eigenvalue weighted by Crippen LogP contribution is -2.34. The summed E-state index contributed by atoms with van der Waals surface area (Å²) in [4.78, 5) is 27.2. The summed E-state index contributed by atoms with van der Waals surface area (Å²) in [6.45, 7) is 2.20. The van der Waals surface area contributed by atoms with Gasteiger partial charge in [-0.25, -0.2) is 4.79 Å². The van der Waals surface area contributed by atoms with Crippen LogP contribution in [0, 0.1) is 6.92 Å². The molecule has 2 heterocycles. The molecule has 7 heteroatoms. The van der Waals surface area contributed by atoms with Crippen molar-refractivity contribution in [3.05, 3.63) is 32.6 Å². The average Bonchev–Trinajstić information content (AvgIpc) is 2.64. The lowest BCUT2D eigenvalue weighted by molar-refractivity contribution is -0.0306. The van der Waals surface area contributed by atoms with Gasteiger partial charge in [-0.05, 0) is 21.0 Å². The summed E-state index contributed by atoms with van der Waals surface area (Å²) in [7, 11) is 3.78. The molecule has 1 aromatic rings. The van der Waals surface area contributed by atoms with Crippen molar-refractivity contribution in [1.82, 2.24) is 14.5 Å². The van der Waals surface area contributed by atoms with Crippen molar-refractivity contribution >= 4 is 0 Å². The molecule has 106 valence electrons. The van der Waals surface area contributed by atoms with Crippen LogP contribution in [0.2, 0.25) is 0 Å². The van der Waals surface area contributed by atoms with E-state index < -0.39 is 23.6 Å². The predicted molar refractivity (Wildman–Crippen MR) is 69.1 cm³/mol. The Morgan fingerprint density at radius 3 is 2.84 bits per heavy atom. The fourth-order valence-electron chi connectivity index (χ4n) is 2.21. The molecule has 1 aliphatic rings. The Kier molecular flexibility index (Phi) is 3.88. The number of aryl methyl sites for hydroxylation is 1. The van der Waals surface area contributed by atoms with Crippen LogP contribution in [0.15, 0.2) is 15.8 Å². The number of hydrogen-bond acceptors (Lipinski definition) is 5. The summed E-state index contributed by atoms with van der Waals surface area (Å²) >= 11 is 0. The van der Waals surface area contributed by atoms with Crippen LogP contribution < -0.4 is 11.2 Å². The van der Waals surface area contributed by atoms with E-state index in [9.17, 15) is 14.7 Å². The van der Waals surface area contributed by atoms with Crippen molar-refractivity contribution in [3.63, 3.8) is 0 Å². The maximum Gasteiger partial charge on any atom is 0.330 e. The maximum atomic E-state index is 11.8. The normalized spacial score (nSPS) is 27.1. The first kappa shape index (κ1) is 14.0. The number of aliphatic hydroxyl groups excluding tert-OH is 1. The Labute approximate surface area is 110 Å². The second-order valence-corrected chi connectivity index (χ2v) is 5.17. The largest absolute Gasteiger partial charge is 0.390 e. The fraction of sp³-hybridized carbons (Fsp3) is 0.667. The van der Waals surface area contributed by atoms with Gasteiger partial charge in [0.15, 0.2) is 0 Å². The number of hydrogen-bond donors (Lipinski definition) is 2. The van der Waals surface area contributed by atoms with Gasteiger partial charge in [-0.3, -0.25) is 14.3 Å². The quantitative estimate of drug-likeness (QED) is 0.739. The van der Waals surface area contributed by atoms with Crippen molar-refractivity contribution < 1.29 is 9.84 Å². The average molecular weight is 269 g/mol. The van der Waals surface area contributed by atoms with E-state index in [1.54, 1.807) is 6.92 Å². The van der Waals surface area contributed by atoms with E-state index in [1.165, 1.54) is 10.8 Å². The van der Waals surface area contributed by atoms with Crippen molar-refractivity contribution in [2.75, 3.05) is 20.6 Å². The Bertz CT molecular complexity index is 563. The van der Waals surface area contributed by atoms with E-state index in [0.717, 1.165) is 0 Å². The fourth-order valence-corrected chi connectivity index (χ4v) is 2.21. The number of nitrogens with zero attached hydrogens (tertiary/aromatic N) is 2. The molecular formula is C12H19N3O4. The van der Waals surface area contributed by atoms with Crippen LogP contribution in [-0.4, -0.2) is 52.4 Å². The summed E-state index contributed by atoms with van der Waals surface area (Å²) in [6.07, 6.45) is 0.314. The summed E-state index contributed by atoms with van der Waals surface area (Å²) in [5.74, 6) is 0. The highest BCUT2D eigenvalue weighted by molar-refractivity contribution is 5.02. The van der Waals surface area contributed by atoms with Crippen molar-refractivity contribution in [2.24, 2.45) is 0 Å². The Morgan fingerprint density at radius 2 is 2.21 bits per heavy atom. The molecule has 1 aromatic heterocycles. The minimum atomic E-state index is -0.619. The number of rotatable bonds is 3. The number of nitrogens with one attached hydrogen (secondary N) is 1. The second-order valence-electron chi connectivity index (χ2n) is 5.17. The van der Waals surface area contributed by atoms with Crippen LogP contribution in [0.1, 0.15) is 18.2 Å². The molecular weight excluding hydrogens is 250 g/mol. The number of aliphatic hydroxyl groups is 1. The molecule has 1 aliphatic heterocycles. The van der Waals surface area contributed by atoms with Gasteiger partial charge in [0, 0.05) is 24.7 Å². The van der Waals surface area contributed by atoms with Gasteiger partial charge in [-0.1, -0.05) is 0 Å². The Hall–Kier alpha value is -1.44. The monoisotopic (exact) mass is 269 g/mol. The van der Waals surface area contributed by atoms with Crippen LogP contribution in [-0.2, 0) is 4.74 Å². The summed E-state index contributed by atoms with van der Waals surface area (Å²) < 4.78 is 7.02. The molecule has 2 rings (SSSR count). The summed E-state index contributed by atoms with van der Waals surface area (Å²) in [5.41, 5.74) is -0.475. The Morgan fingerprint density at radius 1 is 1.53 bits per heavy atom. The van der Waals surface area contributed by atoms with E-state index in [0.29, 0.717) is 18.5 Å². The molecule has 1 fully saturated rings. The minimum absolute atomic E-state index is 0.334. The highest BCUT2D eigenvalue weighted by Crippen LogP contribution is 2.27. The maximum absolute atomic E-state index is 11.8. The lowest BCUT2D eigenvalue weighted by atomic mass is 10.1. The van der Waals surface area contributed by atoms with Gasteiger partial charge in [-0.15, -0.1) is 0 Å². The van der Waals surface area contributed by atoms with Crippen LogP contribution in [0.3, 0.4) is 0 Å². The molecule has 0 aromatic carbocycles. The zero-order chi connectivity index (χ0) is 14.2. The molecule has 0 amide bonds. The Balaban J connectivity index is 2.23. The van der Waals surface area contributed by atoms with E-state index in [-0.39, 0.29) is 6.10 Å². The first-order valence-corrected chi connectivity index (χ1v) is 6.19. The molecule has 0 bridgehead atoms. The van der Waals surface area contributed by atoms with Crippen LogP contribution >= 0.6 is 0 Å². The van der Waals surface area contributed by atoms with Crippen LogP contribution in [0.4, 0.5) is 0 Å². The van der Waals surface area contributed by atoms with Crippen LogP contribution in [0.25, 0.3) is 0 Å². The smallest absolute Gasteiger partial charge is 0.330 e. The minimum Gasteiger partial charge on any atom is -0.390 e. The highest BCUT2D eigenvalue weighted by Gasteiger charge is 2.35. The molecule has 3 atom stereocenters. The van der Waals surface area contributed by atoms with E-state index in [4.69, 9.17) is 4.74 Å². The van der Waals surface area contributed by atoms with Gasteiger partial charge < -0.3 is 14.7 Å². The molecule has 0 unspecified atom stereocenters. The highest BCUT2D eigenvalue weighted by atomic mass is 16.5. The van der Waals surface area contributed by atoms with Gasteiger partial charge in [0.1, 0.15) is 6.23 Å². The third-order valence-electron chi connectivity index (χ3n) is 3.21. The molecule has 1 saturated heterocycles. The van der Waals surface area contributed by atoms with E-state index >= 15 is 0 Å². The molecule has 0 radical (unpaired) electrons. The first-order valence-electron chi connectivity index (χ1n) is 6.19. The molecule has 7 nitrogen and oxygen atoms in total. The van der Waals surface area contributed by atoms with Crippen molar-refractivity contribution in [1.29, 1.82) is 0 Å². The van der Waals surface area contributed by atoms with Gasteiger partial charge in [0.05, 0.1) is 12.2 Å². The SMILES string of the molecule is Cc1cn([C@H]2C[C@H](O)[C@@H](CN(C)C)O2)c(=O)[nH]c1=O. The zero-order valence-electron chi connectivity index (χ0n) is 11.3. The van der Waals surface area contributed by atoms with Gasteiger partial charge in [0.25, 0.3) is 5.56 Å². The van der Waals surface area contributed by atoms with E-state index in [2.05, 4.69) is 4.98 Å². The third kappa shape index (κ3) is 2.94. The number of likely N-dealkylation sites (N-methyl/N-ethyl adjacent to an activating group) is 1. The van der Waals surface area contributed by atoms with Crippen molar-refractivity contribution in [2.45, 2.75) is 31.8 Å².